The van der Waals surface area contributed by atoms with E-state index < -0.39 is 0 Å². The average Bonchev–Trinajstić information content (AvgIpc) is 2.98. The highest BCUT2D eigenvalue weighted by Crippen LogP contribution is 2.42. The van der Waals surface area contributed by atoms with Crippen LogP contribution in [-0.4, -0.2) is 17.3 Å². The topological polar surface area (TPSA) is 24.9 Å². The molecule has 1 aliphatic heterocycles. The number of hydrogen-bond acceptors (Lipinski definition) is 4. The van der Waals surface area contributed by atoms with Crippen molar-refractivity contribution in [1.82, 2.24) is 10.3 Å². The molecule has 0 bridgehead atoms. The van der Waals surface area contributed by atoms with Gasteiger partial charge in [0.05, 0.1) is 10.9 Å². The zero-order valence-electron chi connectivity index (χ0n) is 12.4. The molecular formula is C15H26N2S2. The number of nitrogens with one attached hydrogen (secondary N) is 1. The first-order valence-corrected chi connectivity index (χ1v) is 9.38. The first-order valence-electron chi connectivity index (χ1n) is 7.51. The number of rotatable bonds is 7. The molecule has 0 saturated carbocycles. The molecule has 2 heterocycles. The third-order valence-electron chi connectivity index (χ3n) is 3.31. The van der Waals surface area contributed by atoms with Crippen molar-refractivity contribution in [2.45, 2.75) is 58.2 Å². The molecule has 108 valence electrons. The van der Waals surface area contributed by atoms with E-state index in [0.29, 0.717) is 11.2 Å². The Bertz CT molecular complexity index is 381. The molecule has 2 rings (SSSR count). The molecule has 0 aromatic carbocycles. The fourth-order valence-corrected chi connectivity index (χ4v) is 4.95. The van der Waals surface area contributed by atoms with Crippen molar-refractivity contribution in [2.75, 3.05) is 12.3 Å². The molecule has 4 heteroatoms. The highest BCUT2D eigenvalue weighted by atomic mass is 32.2. The van der Waals surface area contributed by atoms with Crippen LogP contribution in [0.2, 0.25) is 0 Å². The van der Waals surface area contributed by atoms with E-state index in [0.717, 1.165) is 19.5 Å². The first-order chi connectivity index (χ1) is 9.20. The van der Waals surface area contributed by atoms with E-state index in [1.54, 1.807) is 0 Å². The van der Waals surface area contributed by atoms with E-state index >= 15 is 0 Å². The summed E-state index contributed by atoms with van der Waals surface area (Å²) >= 11 is 4.05. The lowest BCUT2D eigenvalue weighted by Crippen LogP contribution is -2.14. The average molecular weight is 299 g/mol. The number of aromatic nitrogens is 1. The van der Waals surface area contributed by atoms with Crippen LogP contribution >= 0.6 is 23.1 Å². The lowest BCUT2D eigenvalue weighted by molar-refractivity contribution is 0.621. The molecule has 1 fully saturated rings. The summed E-state index contributed by atoms with van der Waals surface area (Å²) < 4.78 is 0. The van der Waals surface area contributed by atoms with Crippen LogP contribution in [0.15, 0.2) is 0 Å². The minimum absolute atomic E-state index is 0.677. The summed E-state index contributed by atoms with van der Waals surface area (Å²) in [5.74, 6) is 2.00. The molecular weight excluding hydrogens is 272 g/mol. The predicted octanol–water partition coefficient (Wildman–Crippen LogP) is 4.41. The van der Waals surface area contributed by atoms with Gasteiger partial charge in [-0.2, -0.15) is 11.8 Å². The smallest absolute Gasteiger partial charge is 0.106 e. The van der Waals surface area contributed by atoms with Crippen molar-refractivity contribution in [2.24, 2.45) is 5.92 Å². The van der Waals surface area contributed by atoms with Crippen LogP contribution in [0.3, 0.4) is 0 Å². The van der Waals surface area contributed by atoms with E-state index in [2.05, 4.69) is 37.8 Å². The van der Waals surface area contributed by atoms with Crippen LogP contribution in [0.4, 0.5) is 0 Å². The van der Waals surface area contributed by atoms with Gasteiger partial charge in [0.1, 0.15) is 5.01 Å². The minimum Gasteiger partial charge on any atom is -0.312 e. The van der Waals surface area contributed by atoms with Crippen LogP contribution in [0.25, 0.3) is 0 Å². The molecule has 1 aromatic heterocycles. The van der Waals surface area contributed by atoms with Crippen LogP contribution in [0.5, 0.6) is 0 Å². The molecule has 0 radical (unpaired) electrons. The van der Waals surface area contributed by atoms with Gasteiger partial charge in [0.25, 0.3) is 0 Å². The van der Waals surface area contributed by atoms with Gasteiger partial charge in [-0.25, -0.2) is 4.98 Å². The SMILES string of the molecule is CCCNCc1sc(C2CCCS2)nc1CC(C)C. The zero-order valence-corrected chi connectivity index (χ0v) is 14.0. The highest BCUT2D eigenvalue weighted by molar-refractivity contribution is 7.99. The summed E-state index contributed by atoms with van der Waals surface area (Å²) in [4.78, 5) is 6.45. The molecule has 1 N–H and O–H groups in total. The lowest BCUT2D eigenvalue weighted by atomic mass is 10.1. The zero-order chi connectivity index (χ0) is 13.7. The Morgan fingerprint density at radius 1 is 1.42 bits per heavy atom. The van der Waals surface area contributed by atoms with E-state index in [1.165, 1.54) is 40.6 Å². The highest BCUT2D eigenvalue weighted by Gasteiger charge is 2.23. The maximum atomic E-state index is 4.97. The number of hydrogen-bond donors (Lipinski definition) is 1. The van der Waals surface area contributed by atoms with Crippen LogP contribution in [0, 0.1) is 5.92 Å². The maximum absolute atomic E-state index is 4.97. The lowest BCUT2D eigenvalue weighted by Gasteiger charge is -2.05. The summed E-state index contributed by atoms with van der Waals surface area (Å²) in [6.07, 6.45) is 5.00. The Morgan fingerprint density at radius 2 is 2.26 bits per heavy atom. The first kappa shape index (κ1) is 15.3. The van der Waals surface area contributed by atoms with Crippen molar-refractivity contribution >= 4 is 23.1 Å². The van der Waals surface area contributed by atoms with Gasteiger partial charge < -0.3 is 5.32 Å². The van der Waals surface area contributed by atoms with Crippen molar-refractivity contribution in [1.29, 1.82) is 0 Å². The molecule has 1 aromatic rings. The van der Waals surface area contributed by atoms with Gasteiger partial charge in [0, 0.05) is 11.4 Å². The molecule has 1 unspecified atom stereocenters. The van der Waals surface area contributed by atoms with Gasteiger partial charge in [-0.3, -0.25) is 0 Å². The van der Waals surface area contributed by atoms with E-state index in [9.17, 15) is 0 Å². The van der Waals surface area contributed by atoms with Gasteiger partial charge in [-0.05, 0) is 43.9 Å². The summed E-state index contributed by atoms with van der Waals surface area (Å²) in [5.41, 5.74) is 1.35. The monoisotopic (exact) mass is 298 g/mol. The minimum atomic E-state index is 0.677. The molecule has 1 aliphatic rings. The van der Waals surface area contributed by atoms with Crippen LogP contribution in [0.1, 0.15) is 60.9 Å². The second kappa shape index (κ2) is 7.65. The summed E-state index contributed by atoms with van der Waals surface area (Å²) in [6.45, 7) is 8.89. The van der Waals surface area contributed by atoms with Gasteiger partial charge in [0.2, 0.25) is 0 Å². The second-order valence-corrected chi connectivity index (χ2v) is 8.12. The third kappa shape index (κ3) is 4.47. The molecule has 0 spiro atoms. The molecule has 1 atom stereocenters. The number of thioether (sulfide) groups is 1. The van der Waals surface area contributed by atoms with Gasteiger partial charge in [-0.15, -0.1) is 11.3 Å². The van der Waals surface area contributed by atoms with E-state index in [4.69, 9.17) is 4.98 Å². The van der Waals surface area contributed by atoms with Crippen molar-refractivity contribution in [3.63, 3.8) is 0 Å². The molecule has 0 amide bonds. The molecule has 0 aliphatic carbocycles. The largest absolute Gasteiger partial charge is 0.312 e. The van der Waals surface area contributed by atoms with Crippen molar-refractivity contribution < 1.29 is 0 Å². The quantitative estimate of drug-likeness (QED) is 0.755. The molecule has 2 nitrogen and oxygen atoms in total. The third-order valence-corrected chi connectivity index (χ3v) is 6.06. The van der Waals surface area contributed by atoms with Crippen LogP contribution < -0.4 is 5.32 Å². The number of thiazole rings is 1. The van der Waals surface area contributed by atoms with E-state index in [-0.39, 0.29) is 0 Å². The number of nitrogens with zero attached hydrogens (tertiary/aromatic N) is 1. The Labute approximate surface area is 125 Å². The fourth-order valence-electron chi connectivity index (χ4n) is 2.38. The standard InChI is InChI=1S/C15H26N2S2/c1-4-7-16-10-14-12(9-11(2)3)17-15(19-14)13-6-5-8-18-13/h11,13,16H,4-10H2,1-3H3. The van der Waals surface area contributed by atoms with Crippen molar-refractivity contribution in [3.8, 4) is 0 Å². The molecule has 19 heavy (non-hydrogen) atoms. The second-order valence-electron chi connectivity index (χ2n) is 5.70. The Kier molecular flexibility index (Phi) is 6.17. The normalized spacial score (nSPS) is 19.5. The van der Waals surface area contributed by atoms with Gasteiger partial charge in [-0.1, -0.05) is 20.8 Å². The fraction of sp³-hybridized carbons (Fsp3) is 0.800. The molecule has 1 saturated heterocycles. The van der Waals surface area contributed by atoms with Crippen LogP contribution in [-0.2, 0) is 13.0 Å². The Hall–Kier alpha value is -0.0600. The Balaban J connectivity index is 2.08. The van der Waals surface area contributed by atoms with Crippen molar-refractivity contribution in [3.05, 3.63) is 15.6 Å². The van der Waals surface area contributed by atoms with Gasteiger partial charge in [0.15, 0.2) is 0 Å². The maximum Gasteiger partial charge on any atom is 0.106 e. The summed E-state index contributed by atoms with van der Waals surface area (Å²) in [5, 5.41) is 5.59. The van der Waals surface area contributed by atoms with Gasteiger partial charge >= 0.3 is 0 Å². The summed E-state index contributed by atoms with van der Waals surface area (Å²) in [7, 11) is 0. The van der Waals surface area contributed by atoms with E-state index in [1.807, 2.05) is 11.3 Å². The summed E-state index contributed by atoms with van der Waals surface area (Å²) in [6, 6.07) is 0. The predicted molar refractivity (Wildman–Crippen MR) is 87.1 cm³/mol. The Morgan fingerprint density at radius 3 is 2.89 bits per heavy atom.